The van der Waals surface area contributed by atoms with Crippen LogP contribution in [0.1, 0.15) is 0 Å². The van der Waals surface area contributed by atoms with Crippen LogP contribution in [0, 0.1) is 17.7 Å². The first kappa shape index (κ1) is 13.3. The van der Waals surface area contributed by atoms with Gasteiger partial charge in [-0.2, -0.15) is 13.8 Å². The van der Waals surface area contributed by atoms with E-state index in [1.54, 1.807) is 0 Å². The van der Waals surface area contributed by atoms with Crippen molar-refractivity contribution in [3.05, 3.63) is 54.1 Å². The molecule has 1 aromatic heterocycles. The predicted molar refractivity (Wildman–Crippen MR) is 61.4 cm³/mol. The van der Waals surface area contributed by atoms with E-state index in [-0.39, 0.29) is 4.90 Å². The van der Waals surface area contributed by atoms with Crippen molar-refractivity contribution in [1.82, 2.24) is 4.98 Å². The SMILES string of the molecule is O=S(=O)(Nc1ccc(F)nc1F)c1ccc(F)cc1. The Hall–Kier alpha value is -2.09. The summed E-state index contributed by atoms with van der Waals surface area (Å²) in [7, 11) is -4.08. The number of hydrogen-bond donors (Lipinski definition) is 1. The maximum Gasteiger partial charge on any atom is 0.262 e. The van der Waals surface area contributed by atoms with Crippen molar-refractivity contribution in [2.45, 2.75) is 4.90 Å². The molecule has 0 saturated carbocycles. The Bertz CT molecular complexity index is 702. The van der Waals surface area contributed by atoms with E-state index in [4.69, 9.17) is 0 Å². The number of aromatic nitrogens is 1. The normalized spacial score (nSPS) is 11.3. The average molecular weight is 288 g/mol. The lowest BCUT2D eigenvalue weighted by Gasteiger charge is -2.08. The topological polar surface area (TPSA) is 59.1 Å². The summed E-state index contributed by atoms with van der Waals surface area (Å²) in [6.07, 6.45) is 0. The van der Waals surface area contributed by atoms with Crippen molar-refractivity contribution >= 4 is 15.7 Å². The molecule has 1 N–H and O–H groups in total. The quantitative estimate of drug-likeness (QED) is 0.882. The van der Waals surface area contributed by atoms with Gasteiger partial charge in [-0.15, -0.1) is 0 Å². The molecule has 0 aliphatic carbocycles. The number of sulfonamides is 1. The van der Waals surface area contributed by atoms with E-state index in [2.05, 4.69) is 4.98 Å². The molecule has 0 saturated heterocycles. The van der Waals surface area contributed by atoms with E-state index in [1.807, 2.05) is 4.72 Å². The molecule has 0 atom stereocenters. The summed E-state index contributed by atoms with van der Waals surface area (Å²) in [5.41, 5.74) is -0.495. The predicted octanol–water partition coefficient (Wildman–Crippen LogP) is 2.30. The lowest BCUT2D eigenvalue weighted by atomic mass is 10.4. The highest BCUT2D eigenvalue weighted by molar-refractivity contribution is 7.92. The third-order valence-electron chi connectivity index (χ3n) is 2.18. The van der Waals surface area contributed by atoms with Gasteiger partial charge in [-0.1, -0.05) is 0 Å². The first-order valence-electron chi connectivity index (χ1n) is 4.99. The van der Waals surface area contributed by atoms with Crippen LogP contribution in [0.2, 0.25) is 0 Å². The molecule has 0 spiro atoms. The second-order valence-corrected chi connectivity index (χ2v) is 5.21. The van der Waals surface area contributed by atoms with Gasteiger partial charge >= 0.3 is 0 Å². The molecule has 4 nitrogen and oxygen atoms in total. The summed E-state index contributed by atoms with van der Waals surface area (Å²) in [5.74, 6) is -2.96. The standard InChI is InChI=1S/C11H7F3N2O2S/c12-7-1-3-8(4-2-7)19(17,18)16-9-5-6-10(13)15-11(9)14/h1-6,16H. The number of rotatable bonds is 3. The summed E-state index contributed by atoms with van der Waals surface area (Å²) < 4.78 is 64.0. The molecule has 0 fully saturated rings. The minimum Gasteiger partial charge on any atom is -0.275 e. The minimum atomic E-state index is -4.08. The van der Waals surface area contributed by atoms with Crippen LogP contribution in [0.25, 0.3) is 0 Å². The van der Waals surface area contributed by atoms with Gasteiger partial charge in [-0.3, -0.25) is 4.72 Å². The molecule has 0 amide bonds. The van der Waals surface area contributed by atoms with Gasteiger partial charge in [0.25, 0.3) is 10.0 Å². The van der Waals surface area contributed by atoms with E-state index in [0.29, 0.717) is 0 Å². The summed E-state index contributed by atoms with van der Waals surface area (Å²) in [4.78, 5) is 2.59. The van der Waals surface area contributed by atoms with Crippen LogP contribution in [-0.4, -0.2) is 13.4 Å². The zero-order valence-corrected chi connectivity index (χ0v) is 10.1. The van der Waals surface area contributed by atoms with Gasteiger partial charge < -0.3 is 0 Å². The summed E-state index contributed by atoms with van der Waals surface area (Å²) in [6.45, 7) is 0. The highest BCUT2D eigenvalue weighted by Gasteiger charge is 2.17. The van der Waals surface area contributed by atoms with Gasteiger partial charge in [-0.25, -0.2) is 12.8 Å². The molecule has 1 heterocycles. The van der Waals surface area contributed by atoms with Gasteiger partial charge in [0, 0.05) is 0 Å². The highest BCUT2D eigenvalue weighted by atomic mass is 32.2. The van der Waals surface area contributed by atoms with E-state index in [0.717, 1.165) is 36.4 Å². The summed E-state index contributed by atoms with van der Waals surface area (Å²) in [6, 6.07) is 5.66. The second-order valence-electron chi connectivity index (χ2n) is 3.53. The maximum atomic E-state index is 13.2. The fraction of sp³-hybridized carbons (Fsp3) is 0. The van der Waals surface area contributed by atoms with Crippen LogP contribution in [0.5, 0.6) is 0 Å². The molecule has 8 heteroatoms. The Labute approximate surface area is 107 Å². The second kappa shape index (κ2) is 4.88. The Morgan fingerprint density at radius 2 is 1.58 bits per heavy atom. The lowest BCUT2D eigenvalue weighted by molar-refractivity contribution is 0.515. The van der Waals surface area contributed by atoms with Crippen LogP contribution >= 0.6 is 0 Å². The van der Waals surface area contributed by atoms with Gasteiger partial charge in [0.15, 0.2) is 0 Å². The van der Waals surface area contributed by atoms with Gasteiger partial charge in [-0.05, 0) is 36.4 Å². The van der Waals surface area contributed by atoms with Crippen LogP contribution in [0.3, 0.4) is 0 Å². The molecule has 100 valence electrons. The number of halogens is 3. The first-order valence-corrected chi connectivity index (χ1v) is 6.47. The zero-order chi connectivity index (χ0) is 14.0. The molecular formula is C11H7F3N2O2S. The average Bonchev–Trinajstić information content (AvgIpc) is 2.33. The summed E-state index contributed by atoms with van der Waals surface area (Å²) in [5, 5.41) is 0. The van der Waals surface area contributed by atoms with Crippen LogP contribution in [-0.2, 0) is 10.0 Å². The van der Waals surface area contributed by atoms with Crippen molar-refractivity contribution < 1.29 is 21.6 Å². The third-order valence-corrected chi connectivity index (χ3v) is 3.56. The smallest absolute Gasteiger partial charge is 0.262 e. The van der Waals surface area contributed by atoms with Crippen molar-refractivity contribution in [2.75, 3.05) is 4.72 Å². The fourth-order valence-corrected chi connectivity index (χ4v) is 2.36. The van der Waals surface area contributed by atoms with Crippen molar-refractivity contribution in [1.29, 1.82) is 0 Å². The first-order chi connectivity index (χ1) is 8.88. The Morgan fingerprint density at radius 1 is 0.947 bits per heavy atom. The number of anilines is 1. The van der Waals surface area contributed by atoms with Crippen molar-refractivity contribution in [3.8, 4) is 0 Å². The number of benzene rings is 1. The van der Waals surface area contributed by atoms with Gasteiger partial charge in [0.2, 0.25) is 11.9 Å². The number of hydrogen-bond acceptors (Lipinski definition) is 3. The monoisotopic (exact) mass is 288 g/mol. The molecular weight excluding hydrogens is 281 g/mol. The van der Waals surface area contributed by atoms with Gasteiger partial charge in [0.05, 0.1) is 4.90 Å². The van der Waals surface area contributed by atoms with Crippen molar-refractivity contribution in [3.63, 3.8) is 0 Å². The number of pyridine rings is 1. The molecule has 0 unspecified atom stereocenters. The summed E-state index contributed by atoms with van der Waals surface area (Å²) >= 11 is 0. The molecule has 2 aromatic rings. The molecule has 19 heavy (non-hydrogen) atoms. The van der Waals surface area contributed by atoms with E-state index >= 15 is 0 Å². The number of nitrogens with one attached hydrogen (secondary N) is 1. The maximum absolute atomic E-state index is 13.2. The lowest BCUT2D eigenvalue weighted by Crippen LogP contribution is -2.14. The Balaban J connectivity index is 2.33. The van der Waals surface area contributed by atoms with E-state index in [1.165, 1.54) is 0 Å². The van der Waals surface area contributed by atoms with Crippen LogP contribution in [0.15, 0.2) is 41.3 Å². The number of nitrogens with zero attached hydrogens (tertiary/aromatic N) is 1. The fourth-order valence-electron chi connectivity index (χ4n) is 1.31. The molecule has 0 radical (unpaired) electrons. The molecule has 0 aliphatic heterocycles. The molecule has 0 aliphatic rings. The molecule has 2 rings (SSSR count). The van der Waals surface area contributed by atoms with Crippen LogP contribution in [0.4, 0.5) is 18.9 Å². The zero-order valence-electron chi connectivity index (χ0n) is 9.27. The minimum absolute atomic E-state index is 0.252. The van der Waals surface area contributed by atoms with E-state index in [9.17, 15) is 21.6 Å². The molecule has 0 bridgehead atoms. The Morgan fingerprint density at radius 3 is 2.16 bits per heavy atom. The molecule has 1 aromatic carbocycles. The Kier molecular flexibility index (Phi) is 3.43. The van der Waals surface area contributed by atoms with Gasteiger partial charge in [0.1, 0.15) is 11.5 Å². The van der Waals surface area contributed by atoms with Crippen molar-refractivity contribution in [2.24, 2.45) is 0 Å². The van der Waals surface area contributed by atoms with Crippen LogP contribution < -0.4 is 4.72 Å². The largest absolute Gasteiger partial charge is 0.275 e. The third kappa shape index (κ3) is 3.02. The highest BCUT2D eigenvalue weighted by Crippen LogP contribution is 2.18. The van der Waals surface area contributed by atoms with E-state index < -0.39 is 33.4 Å².